The van der Waals surface area contributed by atoms with Crippen LogP contribution in [0.3, 0.4) is 0 Å². The molecule has 0 unspecified atom stereocenters. The lowest BCUT2D eigenvalue weighted by molar-refractivity contribution is -0.137. The van der Waals surface area contributed by atoms with Crippen molar-refractivity contribution in [2.75, 3.05) is 26.7 Å². The molecule has 1 N–H and O–H groups in total. The van der Waals surface area contributed by atoms with E-state index in [-0.39, 0.29) is 24.5 Å². The second-order valence-corrected chi connectivity index (χ2v) is 6.26. The standard InChI is InChI=1S/C18H26N2O3/c1-13-4-6-15(7-5-13)10-16-8-9-20(12-17(16)23-3)18(22)11-19-14(2)21/h4-7,16-17H,8-12H2,1-3H3,(H,19,21)/t16-,17+/m1/s1. The first kappa shape index (κ1) is 17.5. The van der Waals surface area contributed by atoms with Crippen molar-refractivity contribution in [3.05, 3.63) is 35.4 Å². The van der Waals surface area contributed by atoms with Gasteiger partial charge in [0.25, 0.3) is 0 Å². The largest absolute Gasteiger partial charge is 0.379 e. The van der Waals surface area contributed by atoms with Crippen LogP contribution in [-0.2, 0) is 20.7 Å². The van der Waals surface area contributed by atoms with Gasteiger partial charge < -0.3 is 15.0 Å². The van der Waals surface area contributed by atoms with Crippen LogP contribution in [0.25, 0.3) is 0 Å². The van der Waals surface area contributed by atoms with Crippen LogP contribution in [0.4, 0.5) is 0 Å². The fourth-order valence-corrected chi connectivity index (χ4v) is 3.03. The van der Waals surface area contributed by atoms with Crippen LogP contribution < -0.4 is 5.32 Å². The first-order chi connectivity index (χ1) is 11.0. The zero-order valence-corrected chi connectivity index (χ0v) is 14.2. The average molecular weight is 318 g/mol. The Morgan fingerprint density at radius 3 is 2.61 bits per heavy atom. The summed E-state index contributed by atoms with van der Waals surface area (Å²) < 4.78 is 5.62. The molecule has 2 atom stereocenters. The minimum atomic E-state index is -0.184. The number of aryl methyl sites for hydroxylation is 1. The van der Waals surface area contributed by atoms with E-state index in [1.165, 1.54) is 18.1 Å². The number of likely N-dealkylation sites (tertiary alicyclic amines) is 1. The summed E-state index contributed by atoms with van der Waals surface area (Å²) in [5.74, 6) is 0.180. The Labute approximate surface area is 138 Å². The predicted octanol–water partition coefficient (Wildman–Crippen LogP) is 1.54. The second-order valence-electron chi connectivity index (χ2n) is 6.26. The Balaban J connectivity index is 1.92. The number of carbonyl (C=O) groups is 2. The molecule has 0 saturated carbocycles. The van der Waals surface area contributed by atoms with Gasteiger partial charge in [-0.1, -0.05) is 29.8 Å². The molecule has 2 amide bonds. The van der Waals surface area contributed by atoms with Gasteiger partial charge in [-0.25, -0.2) is 0 Å². The molecular weight excluding hydrogens is 292 g/mol. The third kappa shape index (κ3) is 5.06. The first-order valence-corrected chi connectivity index (χ1v) is 8.10. The number of piperidine rings is 1. The number of amides is 2. The van der Waals surface area contributed by atoms with E-state index in [1.807, 2.05) is 0 Å². The summed E-state index contributed by atoms with van der Waals surface area (Å²) >= 11 is 0. The molecule has 5 nitrogen and oxygen atoms in total. The van der Waals surface area contributed by atoms with Crippen LogP contribution in [0.15, 0.2) is 24.3 Å². The van der Waals surface area contributed by atoms with Crippen molar-refractivity contribution in [1.82, 2.24) is 10.2 Å². The van der Waals surface area contributed by atoms with E-state index in [0.717, 1.165) is 19.4 Å². The Morgan fingerprint density at radius 1 is 1.30 bits per heavy atom. The zero-order chi connectivity index (χ0) is 16.8. The van der Waals surface area contributed by atoms with Gasteiger partial charge in [0.1, 0.15) is 0 Å². The van der Waals surface area contributed by atoms with Crippen molar-refractivity contribution in [2.45, 2.75) is 32.8 Å². The maximum atomic E-state index is 12.1. The average Bonchev–Trinajstić information content (AvgIpc) is 2.55. The topological polar surface area (TPSA) is 58.6 Å². The Kier molecular flexibility index (Phi) is 6.16. The molecule has 5 heteroatoms. The van der Waals surface area contributed by atoms with E-state index in [9.17, 15) is 9.59 Å². The van der Waals surface area contributed by atoms with Gasteiger partial charge in [0.2, 0.25) is 11.8 Å². The van der Waals surface area contributed by atoms with Gasteiger partial charge in [0.05, 0.1) is 12.6 Å². The third-order valence-electron chi connectivity index (χ3n) is 4.46. The number of hydrogen-bond acceptors (Lipinski definition) is 3. The van der Waals surface area contributed by atoms with E-state index in [2.05, 4.69) is 36.5 Å². The van der Waals surface area contributed by atoms with Gasteiger partial charge in [-0.3, -0.25) is 9.59 Å². The molecule has 0 aliphatic carbocycles. The number of carbonyl (C=O) groups excluding carboxylic acids is 2. The molecule has 1 aliphatic heterocycles. The quantitative estimate of drug-likeness (QED) is 0.896. The second kappa shape index (κ2) is 8.11. The van der Waals surface area contributed by atoms with Crippen molar-refractivity contribution in [3.63, 3.8) is 0 Å². The Hall–Kier alpha value is -1.88. The van der Waals surface area contributed by atoms with Crippen molar-refractivity contribution in [3.8, 4) is 0 Å². The molecule has 23 heavy (non-hydrogen) atoms. The summed E-state index contributed by atoms with van der Waals surface area (Å²) in [5, 5.41) is 2.56. The lowest BCUT2D eigenvalue weighted by atomic mass is 9.87. The van der Waals surface area contributed by atoms with Crippen LogP contribution in [0.2, 0.25) is 0 Å². The van der Waals surface area contributed by atoms with Crippen LogP contribution in [0, 0.1) is 12.8 Å². The summed E-state index contributed by atoms with van der Waals surface area (Å²) in [4.78, 5) is 24.8. The molecule has 1 aromatic carbocycles. The molecule has 126 valence electrons. The van der Waals surface area contributed by atoms with Crippen molar-refractivity contribution in [1.29, 1.82) is 0 Å². The Bertz CT molecular complexity index is 542. The van der Waals surface area contributed by atoms with Crippen molar-refractivity contribution in [2.24, 2.45) is 5.92 Å². The minimum absolute atomic E-state index is 0.0336. The molecule has 0 spiro atoms. The van der Waals surface area contributed by atoms with Crippen LogP contribution in [0.1, 0.15) is 24.5 Å². The fourth-order valence-electron chi connectivity index (χ4n) is 3.03. The minimum Gasteiger partial charge on any atom is -0.379 e. The molecule has 1 aromatic rings. The van der Waals surface area contributed by atoms with E-state index in [0.29, 0.717) is 12.5 Å². The Morgan fingerprint density at radius 2 is 2.00 bits per heavy atom. The fraction of sp³-hybridized carbons (Fsp3) is 0.556. The molecule has 1 fully saturated rings. The highest BCUT2D eigenvalue weighted by atomic mass is 16.5. The van der Waals surface area contributed by atoms with E-state index in [4.69, 9.17) is 4.74 Å². The number of rotatable bonds is 5. The summed E-state index contributed by atoms with van der Waals surface area (Å²) in [7, 11) is 1.70. The van der Waals surface area contributed by atoms with E-state index < -0.39 is 0 Å². The van der Waals surface area contributed by atoms with Gasteiger partial charge in [-0.05, 0) is 31.2 Å². The molecule has 0 aromatic heterocycles. The van der Waals surface area contributed by atoms with Gasteiger partial charge in [0.15, 0.2) is 0 Å². The third-order valence-corrected chi connectivity index (χ3v) is 4.46. The zero-order valence-electron chi connectivity index (χ0n) is 14.2. The van der Waals surface area contributed by atoms with Crippen LogP contribution in [-0.4, -0.2) is 49.6 Å². The lowest BCUT2D eigenvalue weighted by Crippen LogP contribution is -2.50. The van der Waals surface area contributed by atoms with Crippen LogP contribution >= 0.6 is 0 Å². The number of nitrogens with one attached hydrogen (secondary N) is 1. The van der Waals surface area contributed by atoms with Gasteiger partial charge in [0, 0.05) is 27.1 Å². The van der Waals surface area contributed by atoms with Gasteiger partial charge in [-0.2, -0.15) is 0 Å². The summed E-state index contributed by atoms with van der Waals surface area (Å²) in [6.45, 7) is 4.87. The normalized spacial score (nSPS) is 21.1. The van der Waals surface area contributed by atoms with Crippen LogP contribution in [0.5, 0.6) is 0 Å². The summed E-state index contributed by atoms with van der Waals surface area (Å²) in [5.41, 5.74) is 2.57. The predicted molar refractivity (Wildman–Crippen MR) is 89.1 cm³/mol. The highest BCUT2D eigenvalue weighted by Gasteiger charge is 2.31. The molecule has 0 bridgehead atoms. The number of ether oxygens (including phenoxy) is 1. The first-order valence-electron chi connectivity index (χ1n) is 8.10. The molecule has 0 radical (unpaired) electrons. The molecule has 2 rings (SSSR count). The number of nitrogens with zero attached hydrogens (tertiary/aromatic N) is 1. The monoisotopic (exact) mass is 318 g/mol. The van der Waals surface area contributed by atoms with Crippen molar-refractivity contribution >= 4 is 11.8 Å². The maximum Gasteiger partial charge on any atom is 0.242 e. The summed E-state index contributed by atoms with van der Waals surface area (Å²) in [6.07, 6.45) is 1.91. The van der Waals surface area contributed by atoms with Crippen molar-refractivity contribution < 1.29 is 14.3 Å². The summed E-state index contributed by atoms with van der Waals surface area (Å²) in [6, 6.07) is 8.58. The lowest BCUT2D eigenvalue weighted by Gasteiger charge is -2.38. The SMILES string of the molecule is CO[C@H]1CN(C(=O)CNC(C)=O)CC[C@@H]1Cc1ccc(C)cc1. The number of methoxy groups -OCH3 is 1. The highest BCUT2D eigenvalue weighted by Crippen LogP contribution is 2.24. The highest BCUT2D eigenvalue weighted by molar-refractivity contribution is 5.83. The van der Waals surface area contributed by atoms with Gasteiger partial charge in [-0.15, -0.1) is 0 Å². The number of benzene rings is 1. The van der Waals surface area contributed by atoms with E-state index in [1.54, 1.807) is 12.0 Å². The molecule has 1 saturated heterocycles. The van der Waals surface area contributed by atoms with E-state index >= 15 is 0 Å². The number of hydrogen-bond donors (Lipinski definition) is 1. The molecular formula is C18H26N2O3. The molecule has 1 aliphatic rings. The van der Waals surface area contributed by atoms with Gasteiger partial charge >= 0.3 is 0 Å². The molecule has 1 heterocycles. The maximum absolute atomic E-state index is 12.1. The smallest absolute Gasteiger partial charge is 0.242 e.